The molecule has 0 bridgehead atoms. The van der Waals surface area contributed by atoms with E-state index >= 15 is 0 Å². The first kappa shape index (κ1) is 15.8. The molecule has 0 unspecified atom stereocenters. The Kier molecular flexibility index (Phi) is 5.83. The molecule has 0 aliphatic heterocycles. The van der Waals surface area contributed by atoms with E-state index in [4.69, 9.17) is 14.6 Å². The molecule has 6 heteroatoms. The van der Waals surface area contributed by atoms with Crippen molar-refractivity contribution >= 4 is 11.9 Å². The first-order valence-corrected chi connectivity index (χ1v) is 6.21. The lowest BCUT2D eigenvalue weighted by molar-refractivity contribution is -0.141. The van der Waals surface area contributed by atoms with E-state index in [9.17, 15) is 9.59 Å². The van der Waals surface area contributed by atoms with Gasteiger partial charge in [-0.3, -0.25) is 9.59 Å². The fourth-order valence-corrected chi connectivity index (χ4v) is 1.70. The van der Waals surface area contributed by atoms with Gasteiger partial charge in [0.15, 0.2) is 0 Å². The molecule has 1 amide bonds. The van der Waals surface area contributed by atoms with E-state index in [1.165, 1.54) is 6.92 Å². The maximum absolute atomic E-state index is 11.6. The predicted molar refractivity (Wildman–Crippen MR) is 73.1 cm³/mol. The molecule has 0 spiro atoms. The number of ether oxygens (including phenoxy) is 2. The molecule has 110 valence electrons. The van der Waals surface area contributed by atoms with Crippen molar-refractivity contribution in [1.82, 2.24) is 5.32 Å². The number of aliphatic carboxylic acids is 1. The van der Waals surface area contributed by atoms with Gasteiger partial charge >= 0.3 is 5.97 Å². The Bertz CT molecular complexity index is 486. The second kappa shape index (κ2) is 7.37. The van der Waals surface area contributed by atoms with Crippen LogP contribution < -0.4 is 14.8 Å². The number of methoxy groups -OCH3 is 2. The summed E-state index contributed by atoms with van der Waals surface area (Å²) in [7, 11) is 3.12. The smallest absolute Gasteiger partial charge is 0.325 e. The normalized spacial score (nSPS) is 11.6. The van der Waals surface area contributed by atoms with Gasteiger partial charge in [0.25, 0.3) is 0 Å². The summed E-state index contributed by atoms with van der Waals surface area (Å²) in [6.45, 7) is 1.42. The quantitative estimate of drug-likeness (QED) is 0.785. The summed E-state index contributed by atoms with van der Waals surface area (Å²) in [4.78, 5) is 22.3. The topological polar surface area (TPSA) is 84.9 Å². The molecular weight excluding hydrogens is 262 g/mol. The van der Waals surface area contributed by atoms with Crippen molar-refractivity contribution < 1.29 is 24.2 Å². The van der Waals surface area contributed by atoms with Crippen molar-refractivity contribution in [1.29, 1.82) is 0 Å². The van der Waals surface area contributed by atoms with Crippen LogP contribution in [0.4, 0.5) is 0 Å². The Morgan fingerprint density at radius 1 is 1.30 bits per heavy atom. The number of nitrogens with one attached hydrogen (secondary N) is 1. The third-order valence-electron chi connectivity index (χ3n) is 2.86. The van der Waals surface area contributed by atoms with Gasteiger partial charge < -0.3 is 19.9 Å². The van der Waals surface area contributed by atoms with Crippen molar-refractivity contribution in [2.75, 3.05) is 14.2 Å². The third kappa shape index (κ3) is 4.46. The van der Waals surface area contributed by atoms with Crippen LogP contribution in [-0.2, 0) is 16.0 Å². The summed E-state index contributed by atoms with van der Waals surface area (Å²) in [6, 6.07) is 4.45. The van der Waals surface area contributed by atoms with Gasteiger partial charge in [-0.05, 0) is 37.1 Å². The minimum atomic E-state index is -1.06. The molecule has 0 saturated carbocycles. The zero-order valence-corrected chi connectivity index (χ0v) is 11.8. The van der Waals surface area contributed by atoms with Crippen LogP contribution in [0.1, 0.15) is 18.9 Å². The van der Waals surface area contributed by atoms with E-state index in [0.29, 0.717) is 17.9 Å². The van der Waals surface area contributed by atoms with Gasteiger partial charge in [0.05, 0.1) is 14.2 Å². The highest BCUT2D eigenvalue weighted by atomic mass is 16.5. The Balaban J connectivity index is 2.64. The van der Waals surface area contributed by atoms with Crippen molar-refractivity contribution in [3.63, 3.8) is 0 Å². The van der Waals surface area contributed by atoms with Crippen LogP contribution in [0.15, 0.2) is 18.2 Å². The molecule has 0 fully saturated rings. The molecule has 0 aliphatic rings. The number of hydrogen-bond donors (Lipinski definition) is 2. The molecule has 20 heavy (non-hydrogen) atoms. The van der Waals surface area contributed by atoms with Gasteiger partial charge in [-0.2, -0.15) is 0 Å². The van der Waals surface area contributed by atoms with Gasteiger partial charge in [0.2, 0.25) is 5.91 Å². The summed E-state index contributed by atoms with van der Waals surface area (Å²) >= 11 is 0. The molecule has 2 N–H and O–H groups in total. The number of rotatable bonds is 7. The zero-order valence-electron chi connectivity index (χ0n) is 11.8. The molecule has 0 aliphatic carbocycles. The molecular formula is C14H19NO5. The maximum atomic E-state index is 11.6. The Labute approximate surface area is 117 Å². The average Bonchev–Trinajstić information content (AvgIpc) is 2.44. The van der Waals surface area contributed by atoms with Gasteiger partial charge in [-0.1, -0.05) is 0 Å². The monoisotopic (exact) mass is 281 g/mol. The molecule has 0 radical (unpaired) electrons. The van der Waals surface area contributed by atoms with Crippen LogP contribution in [0.2, 0.25) is 0 Å². The zero-order chi connectivity index (χ0) is 15.1. The van der Waals surface area contributed by atoms with E-state index in [0.717, 1.165) is 5.56 Å². The van der Waals surface area contributed by atoms with Crippen LogP contribution in [0.3, 0.4) is 0 Å². The molecule has 1 aromatic rings. The molecule has 1 atom stereocenters. The molecule has 1 rings (SSSR count). The summed E-state index contributed by atoms with van der Waals surface area (Å²) in [5, 5.41) is 11.1. The van der Waals surface area contributed by atoms with Crippen LogP contribution in [0.5, 0.6) is 11.5 Å². The lowest BCUT2D eigenvalue weighted by Gasteiger charge is -2.12. The van der Waals surface area contributed by atoms with Crippen molar-refractivity contribution in [2.24, 2.45) is 0 Å². The average molecular weight is 281 g/mol. The van der Waals surface area contributed by atoms with Crippen LogP contribution in [0, 0.1) is 0 Å². The third-order valence-corrected chi connectivity index (χ3v) is 2.86. The number of carbonyl (C=O) groups excluding carboxylic acids is 1. The Morgan fingerprint density at radius 2 is 2.00 bits per heavy atom. The lowest BCUT2D eigenvalue weighted by atomic mass is 10.1. The van der Waals surface area contributed by atoms with Gasteiger partial charge in [0.1, 0.15) is 17.5 Å². The molecule has 1 aromatic carbocycles. The van der Waals surface area contributed by atoms with Crippen molar-refractivity contribution in [2.45, 2.75) is 25.8 Å². The van der Waals surface area contributed by atoms with E-state index in [-0.39, 0.29) is 12.3 Å². The number of carbonyl (C=O) groups is 2. The van der Waals surface area contributed by atoms with E-state index < -0.39 is 12.0 Å². The lowest BCUT2D eigenvalue weighted by Crippen LogP contribution is -2.38. The Morgan fingerprint density at radius 3 is 2.55 bits per heavy atom. The first-order chi connectivity index (χ1) is 9.47. The Hall–Kier alpha value is -2.24. The fraction of sp³-hybridized carbons (Fsp3) is 0.429. The summed E-state index contributed by atoms with van der Waals surface area (Å²) in [5.41, 5.74) is 0.838. The second-order valence-corrected chi connectivity index (χ2v) is 4.31. The molecule has 0 heterocycles. The molecule has 0 saturated heterocycles. The highest BCUT2D eigenvalue weighted by Crippen LogP contribution is 2.25. The summed E-state index contributed by atoms with van der Waals surface area (Å²) < 4.78 is 10.3. The number of amides is 1. The molecule has 0 aromatic heterocycles. The SMILES string of the molecule is COc1ccc(OC)c(CCC(=O)N[C@@H](C)C(=O)O)c1. The van der Waals surface area contributed by atoms with Gasteiger partial charge in [-0.25, -0.2) is 0 Å². The van der Waals surface area contributed by atoms with Crippen LogP contribution in [-0.4, -0.2) is 37.2 Å². The minimum Gasteiger partial charge on any atom is -0.497 e. The van der Waals surface area contributed by atoms with E-state index in [1.54, 1.807) is 32.4 Å². The number of benzene rings is 1. The number of hydrogen-bond acceptors (Lipinski definition) is 4. The summed E-state index contributed by atoms with van der Waals surface area (Å²) in [6.07, 6.45) is 0.625. The van der Waals surface area contributed by atoms with Crippen molar-refractivity contribution in [3.8, 4) is 11.5 Å². The predicted octanol–water partition coefficient (Wildman–Crippen LogP) is 1.23. The maximum Gasteiger partial charge on any atom is 0.325 e. The number of aryl methyl sites for hydroxylation is 1. The number of carboxylic acids is 1. The number of carboxylic acid groups (broad SMARTS) is 1. The van der Waals surface area contributed by atoms with Crippen molar-refractivity contribution in [3.05, 3.63) is 23.8 Å². The highest BCUT2D eigenvalue weighted by Gasteiger charge is 2.14. The molecule has 6 nitrogen and oxygen atoms in total. The minimum absolute atomic E-state index is 0.182. The fourth-order valence-electron chi connectivity index (χ4n) is 1.70. The van der Waals surface area contributed by atoms with Crippen LogP contribution >= 0.6 is 0 Å². The largest absolute Gasteiger partial charge is 0.497 e. The first-order valence-electron chi connectivity index (χ1n) is 6.21. The van der Waals surface area contributed by atoms with Crippen LogP contribution in [0.25, 0.3) is 0 Å². The highest BCUT2D eigenvalue weighted by molar-refractivity contribution is 5.83. The summed E-state index contributed by atoms with van der Waals surface area (Å²) in [5.74, 6) is -0.0212. The van der Waals surface area contributed by atoms with Gasteiger partial charge in [0, 0.05) is 6.42 Å². The standard InChI is InChI=1S/C14H19NO5/c1-9(14(17)18)15-13(16)7-4-10-8-11(19-2)5-6-12(10)20-3/h5-6,8-9H,4,7H2,1-3H3,(H,15,16)(H,17,18)/t9-/m0/s1. The van der Waals surface area contributed by atoms with E-state index in [1.807, 2.05) is 0 Å². The van der Waals surface area contributed by atoms with Gasteiger partial charge in [-0.15, -0.1) is 0 Å². The second-order valence-electron chi connectivity index (χ2n) is 4.31. The van der Waals surface area contributed by atoms with E-state index in [2.05, 4.69) is 5.32 Å².